The van der Waals surface area contributed by atoms with E-state index < -0.39 is 5.60 Å². The molecule has 1 N–H and O–H groups in total. The van der Waals surface area contributed by atoms with Gasteiger partial charge in [0.15, 0.2) is 0 Å². The highest BCUT2D eigenvalue weighted by Gasteiger charge is 2.63. The summed E-state index contributed by atoms with van der Waals surface area (Å²) in [6, 6.07) is 0. The van der Waals surface area contributed by atoms with Crippen LogP contribution in [-0.2, 0) is 4.79 Å². The normalized spacial score (nSPS) is 59.2. The molecule has 4 aliphatic carbocycles. The molecule has 4 fully saturated rings. The maximum atomic E-state index is 12.2. The van der Waals surface area contributed by atoms with Crippen LogP contribution in [0.2, 0.25) is 0 Å². The molecule has 4 aliphatic rings. The van der Waals surface area contributed by atoms with E-state index in [1.807, 2.05) is 0 Å². The summed E-state index contributed by atoms with van der Waals surface area (Å²) in [5.41, 5.74) is 0.00962. The van der Waals surface area contributed by atoms with Crippen molar-refractivity contribution >= 4 is 5.78 Å². The van der Waals surface area contributed by atoms with Gasteiger partial charge >= 0.3 is 0 Å². The van der Waals surface area contributed by atoms with Crippen molar-refractivity contribution in [1.82, 2.24) is 0 Å². The predicted octanol–water partition coefficient (Wildman–Crippen LogP) is 4.60. The zero-order chi connectivity index (χ0) is 16.6. The van der Waals surface area contributed by atoms with Gasteiger partial charge in [-0.25, -0.2) is 0 Å². The lowest BCUT2D eigenvalue weighted by Crippen LogP contribution is -2.56. The summed E-state index contributed by atoms with van der Waals surface area (Å²) in [5, 5.41) is 11.0. The van der Waals surface area contributed by atoms with Crippen molar-refractivity contribution in [2.45, 2.75) is 84.7 Å². The number of fused-ring (bicyclic) bond motifs is 5. The summed E-state index contributed by atoms with van der Waals surface area (Å²) in [6.45, 7) is 9.11. The molecule has 23 heavy (non-hydrogen) atoms. The first kappa shape index (κ1) is 16.1. The maximum absolute atomic E-state index is 12.2. The van der Waals surface area contributed by atoms with Gasteiger partial charge in [0.1, 0.15) is 5.78 Å². The van der Waals surface area contributed by atoms with Crippen LogP contribution in [0.3, 0.4) is 0 Å². The number of Topliss-reactive ketones (excluding diaryl/α,β-unsaturated/α-hetero) is 1. The summed E-state index contributed by atoms with van der Waals surface area (Å²) in [5.74, 6) is 3.65. The van der Waals surface area contributed by atoms with E-state index in [1.54, 1.807) is 0 Å². The van der Waals surface area contributed by atoms with Crippen LogP contribution in [0.5, 0.6) is 0 Å². The van der Waals surface area contributed by atoms with Gasteiger partial charge in [-0.15, -0.1) is 0 Å². The summed E-state index contributed by atoms with van der Waals surface area (Å²) in [4.78, 5) is 12.2. The first-order valence-electron chi connectivity index (χ1n) is 9.94. The molecule has 0 aromatic carbocycles. The Morgan fingerprint density at radius 1 is 1.00 bits per heavy atom. The van der Waals surface area contributed by atoms with E-state index in [-0.39, 0.29) is 11.3 Å². The van der Waals surface area contributed by atoms with E-state index in [1.165, 1.54) is 32.1 Å². The van der Waals surface area contributed by atoms with Gasteiger partial charge < -0.3 is 5.11 Å². The summed E-state index contributed by atoms with van der Waals surface area (Å²) in [7, 11) is 0. The minimum absolute atomic E-state index is 0.119. The lowest BCUT2D eigenvalue weighted by Gasteiger charge is -2.61. The SMILES string of the molecule is CC1C[C@@]2(C)C(CCC3C2CC[C@@]2(C)C3CC[C@]2(C)O)CC1=O. The lowest BCUT2D eigenvalue weighted by atomic mass is 9.44. The molecular formula is C21H34O2. The quantitative estimate of drug-likeness (QED) is 0.709. The molecule has 5 unspecified atom stereocenters. The van der Waals surface area contributed by atoms with Crippen LogP contribution >= 0.6 is 0 Å². The molecule has 0 spiro atoms. The molecule has 8 atom stereocenters. The van der Waals surface area contributed by atoms with Crippen molar-refractivity contribution in [3.05, 3.63) is 0 Å². The number of hydrogen-bond acceptors (Lipinski definition) is 2. The molecule has 4 saturated carbocycles. The number of carbonyl (C=O) groups is 1. The van der Waals surface area contributed by atoms with E-state index in [9.17, 15) is 9.90 Å². The smallest absolute Gasteiger partial charge is 0.136 e. The molecule has 0 aromatic rings. The fraction of sp³-hybridized carbons (Fsp3) is 0.952. The minimum Gasteiger partial charge on any atom is -0.390 e. The van der Waals surface area contributed by atoms with Crippen molar-refractivity contribution < 1.29 is 9.90 Å². The van der Waals surface area contributed by atoms with Crippen LogP contribution in [-0.4, -0.2) is 16.5 Å². The Balaban J connectivity index is 1.66. The summed E-state index contributed by atoms with van der Waals surface area (Å²) in [6.07, 6.45) is 9.11. The molecule has 0 bridgehead atoms. The standard InChI is InChI=1S/C21H34O2/c1-13-12-19(2)14(11-18(13)22)5-6-15-16(19)7-9-20(3)17(15)8-10-21(20,4)23/h13-17,23H,5-12H2,1-4H3/t13?,14?,15?,16?,17?,19-,20-,21-/m0/s1. The molecule has 0 heterocycles. The van der Waals surface area contributed by atoms with Crippen molar-refractivity contribution in [2.24, 2.45) is 40.4 Å². The highest BCUT2D eigenvalue weighted by molar-refractivity contribution is 5.82. The van der Waals surface area contributed by atoms with Crippen LogP contribution in [0, 0.1) is 40.4 Å². The van der Waals surface area contributed by atoms with Gasteiger partial charge in [0, 0.05) is 12.3 Å². The third-order valence-corrected chi connectivity index (χ3v) is 9.37. The van der Waals surface area contributed by atoms with E-state index >= 15 is 0 Å². The second-order valence-electron chi connectivity index (χ2n) is 10.2. The Morgan fingerprint density at radius 3 is 2.43 bits per heavy atom. The van der Waals surface area contributed by atoms with Gasteiger partial charge in [-0.3, -0.25) is 4.79 Å². The largest absolute Gasteiger partial charge is 0.390 e. The van der Waals surface area contributed by atoms with Crippen LogP contribution in [0.1, 0.15) is 79.1 Å². The third-order valence-electron chi connectivity index (χ3n) is 9.37. The van der Waals surface area contributed by atoms with Gasteiger partial charge in [0.25, 0.3) is 0 Å². The Kier molecular flexibility index (Phi) is 3.39. The van der Waals surface area contributed by atoms with Gasteiger partial charge in [0.05, 0.1) is 5.60 Å². The summed E-state index contributed by atoms with van der Waals surface area (Å²) >= 11 is 0. The zero-order valence-electron chi connectivity index (χ0n) is 15.4. The number of aliphatic hydroxyl groups is 1. The Bertz CT molecular complexity index is 524. The number of ketones is 1. The monoisotopic (exact) mass is 318 g/mol. The molecule has 0 radical (unpaired) electrons. The van der Waals surface area contributed by atoms with E-state index in [2.05, 4.69) is 27.7 Å². The second-order valence-corrected chi connectivity index (χ2v) is 10.2. The molecule has 2 heteroatoms. The molecule has 2 nitrogen and oxygen atoms in total. The molecule has 0 aliphatic heterocycles. The summed E-state index contributed by atoms with van der Waals surface area (Å²) < 4.78 is 0. The van der Waals surface area contributed by atoms with Crippen LogP contribution in [0.4, 0.5) is 0 Å². The predicted molar refractivity (Wildman–Crippen MR) is 91.9 cm³/mol. The van der Waals surface area contributed by atoms with Crippen molar-refractivity contribution in [3.63, 3.8) is 0 Å². The Labute approximate surface area is 141 Å². The fourth-order valence-electron chi connectivity index (χ4n) is 7.65. The zero-order valence-corrected chi connectivity index (χ0v) is 15.4. The number of rotatable bonds is 0. The molecule has 0 saturated heterocycles. The van der Waals surface area contributed by atoms with Crippen molar-refractivity contribution in [3.8, 4) is 0 Å². The Morgan fingerprint density at radius 2 is 1.70 bits per heavy atom. The third kappa shape index (κ3) is 2.00. The maximum Gasteiger partial charge on any atom is 0.136 e. The average molecular weight is 319 g/mol. The van der Waals surface area contributed by atoms with Crippen LogP contribution < -0.4 is 0 Å². The highest BCUT2D eigenvalue weighted by Crippen LogP contribution is 2.68. The van der Waals surface area contributed by atoms with Gasteiger partial charge in [-0.2, -0.15) is 0 Å². The first-order chi connectivity index (χ1) is 10.7. The first-order valence-corrected chi connectivity index (χ1v) is 9.94. The van der Waals surface area contributed by atoms with Gasteiger partial charge in [-0.05, 0) is 86.4 Å². The Hall–Kier alpha value is -0.370. The van der Waals surface area contributed by atoms with Crippen LogP contribution in [0.25, 0.3) is 0 Å². The van der Waals surface area contributed by atoms with E-state index in [0.717, 1.165) is 31.1 Å². The van der Waals surface area contributed by atoms with Crippen molar-refractivity contribution in [1.29, 1.82) is 0 Å². The molecular weight excluding hydrogens is 284 g/mol. The van der Waals surface area contributed by atoms with Gasteiger partial charge in [-0.1, -0.05) is 20.8 Å². The fourth-order valence-corrected chi connectivity index (χ4v) is 7.65. The molecule has 0 amide bonds. The van der Waals surface area contributed by atoms with Crippen LogP contribution in [0.15, 0.2) is 0 Å². The van der Waals surface area contributed by atoms with Gasteiger partial charge in [0.2, 0.25) is 0 Å². The molecule has 0 aromatic heterocycles. The van der Waals surface area contributed by atoms with E-state index in [4.69, 9.17) is 0 Å². The highest BCUT2D eigenvalue weighted by atomic mass is 16.3. The topological polar surface area (TPSA) is 37.3 Å². The minimum atomic E-state index is -0.476. The lowest BCUT2D eigenvalue weighted by molar-refractivity contribution is -0.158. The van der Waals surface area contributed by atoms with Crippen molar-refractivity contribution in [2.75, 3.05) is 0 Å². The average Bonchev–Trinajstić information content (AvgIpc) is 2.71. The van der Waals surface area contributed by atoms with E-state index in [0.29, 0.717) is 23.0 Å². The number of hydrogen-bond donors (Lipinski definition) is 1. The molecule has 130 valence electrons. The second kappa shape index (κ2) is 4.84. The molecule has 4 rings (SSSR count). The number of carbonyl (C=O) groups excluding carboxylic acids is 1.